The Morgan fingerprint density at radius 2 is 1.66 bits per heavy atom. The molecule has 1 aromatic carbocycles. The Kier molecular flexibility index (Phi) is 5.07. The summed E-state index contributed by atoms with van der Waals surface area (Å²) in [7, 11) is 1.67. The lowest BCUT2D eigenvalue weighted by Crippen LogP contribution is -2.51. The Hall–Kier alpha value is -3.42. The number of carbonyl (C=O) groups excluding carboxylic acids is 1. The predicted octanol–water partition coefficient (Wildman–Crippen LogP) is 2.67. The highest BCUT2D eigenvalue weighted by Gasteiger charge is 2.54. The van der Waals surface area contributed by atoms with Gasteiger partial charge in [-0.3, -0.25) is 4.79 Å². The summed E-state index contributed by atoms with van der Waals surface area (Å²) >= 11 is 0. The largest absolute Gasteiger partial charge is 0.496 e. The van der Waals surface area contributed by atoms with Gasteiger partial charge in [0.1, 0.15) is 5.75 Å². The van der Waals surface area contributed by atoms with Crippen molar-refractivity contribution in [1.29, 1.82) is 0 Å². The summed E-state index contributed by atoms with van der Waals surface area (Å²) in [5, 5.41) is 13.3. The first kappa shape index (κ1) is 20.5. The van der Waals surface area contributed by atoms with Crippen LogP contribution in [0.1, 0.15) is 29.8 Å². The van der Waals surface area contributed by atoms with Crippen molar-refractivity contribution in [2.24, 2.45) is 0 Å². The number of carbonyl (C=O) groups is 1. The number of benzene rings is 1. The minimum absolute atomic E-state index is 0.215. The molecular weight excluding hydrogens is 404 g/mol. The van der Waals surface area contributed by atoms with Crippen LogP contribution < -0.4 is 9.64 Å². The fourth-order valence-corrected chi connectivity index (χ4v) is 4.67. The number of methoxy groups -OCH3 is 1. The second kappa shape index (κ2) is 7.93. The van der Waals surface area contributed by atoms with E-state index < -0.39 is 5.41 Å². The number of aryl methyl sites for hydroxylation is 2. The van der Waals surface area contributed by atoms with Gasteiger partial charge in [0.25, 0.3) is 0 Å². The highest BCUT2D eigenvalue weighted by atomic mass is 16.5. The molecule has 2 aliphatic rings. The highest BCUT2D eigenvalue weighted by Crippen LogP contribution is 2.52. The number of hydrogen-bond donors (Lipinski definition) is 0. The minimum atomic E-state index is -0.421. The molecule has 0 radical (unpaired) electrons. The molecule has 0 bridgehead atoms. The van der Waals surface area contributed by atoms with Crippen LogP contribution in [0, 0.1) is 13.8 Å². The van der Waals surface area contributed by atoms with Gasteiger partial charge in [0.2, 0.25) is 5.91 Å². The average molecular weight is 433 g/mol. The van der Waals surface area contributed by atoms with Gasteiger partial charge >= 0.3 is 0 Å². The second-order valence-electron chi connectivity index (χ2n) is 8.65. The monoisotopic (exact) mass is 432 g/mol. The summed E-state index contributed by atoms with van der Waals surface area (Å²) in [6.07, 6.45) is 1.76. The van der Waals surface area contributed by atoms with Crippen LogP contribution in [-0.2, 0) is 10.2 Å². The third-order valence-electron chi connectivity index (χ3n) is 6.54. The van der Waals surface area contributed by atoms with Crippen molar-refractivity contribution >= 4 is 11.7 Å². The number of rotatable bonds is 5. The van der Waals surface area contributed by atoms with E-state index in [1.807, 2.05) is 61.2 Å². The molecule has 2 fully saturated rings. The van der Waals surface area contributed by atoms with Crippen molar-refractivity contribution in [2.75, 3.05) is 38.2 Å². The van der Waals surface area contributed by atoms with Crippen LogP contribution in [-0.4, -0.2) is 64.1 Å². The number of para-hydroxylation sites is 1. The Morgan fingerprint density at radius 3 is 2.25 bits per heavy atom. The highest BCUT2D eigenvalue weighted by molar-refractivity contribution is 5.92. The Balaban J connectivity index is 1.25. The van der Waals surface area contributed by atoms with Crippen molar-refractivity contribution in [3.05, 3.63) is 59.4 Å². The summed E-state index contributed by atoms with van der Waals surface area (Å²) in [5.41, 5.74) is 2.58. The molecule has 1 amide bonds. The maximum absolute atomic E-state index is 13.4. The van der Waals surface area contributed by atoms with Gasteiger partial charge in [0.15, 0.2) is 11.6 Å². The number of hydrogen-bond acceptors (Lipinski definition) is 6. The summed E-state index contributed by atoms with van der Waals surface area (Å²) < 4.78 is 7.34. The molecule has 0 N–H and O–H groups in total. The minimum Gasteiger partial charge on any atom is -0.496 e. The zero-order chi connectivity index (χ0) is 22.3. The molecule has 1 saturated carbocycles. The summed E-state index contributed by atoms with van der Waals surface area (Å²) in [6, 6.07) is 13.8. The van der Waals surface area contributed by atoms with E-state index in [1.165, 1.54) is 0 Å². The molecule has 8 heteroatoms. The number of piperazine rings is 1. The molecule has 1 saturated heterocycles. The lowest BCUT2D eigenvalue weighted by Gasteiger charge is -2.37. The van der Waals surface area contributed by atoms with Crippen LogP contribution in [0.3, 0.4) is 0 Å². The van der Waals surface area contributed by atoms with Gasteiger partial charge < -0.3 is 14.5 Å². The van der Waals surface area contributed by atoms with Gasteiger partial charge in [0.05, 0.1) is 18.2 Å². The molecule has 0 atom stereocenters. The molecule has 3 aromatic rings. The van der Waals surface area contributed by atoms with Crippen molar-refractivity contribution in [1.82, 2.24) is 24.9 Å². The zero-order valence-electron chi connectivity index (χ0n) is 18.8. The first-order valence-electron chi connectivity index (χ1n) is 11.1. The van der Waals surface area contributed by atoms with Crippen LogP contribution in [0.5, 0.6) is 5.75 Å². The smallest absolute Gasteiger partial charge is 0.233 e. The van der Waals surface area contributed by atoms with Crippen molar-refractivity contribution in [3.63, 3.8) is 0 Å². The van der Waals surface area contributed by atoms with E-state index in [0.717, 1.165) is 54.4 Å². The lowest BCUT2D eigenvalue weighted by atomic mass is 9.93. The third kappa shape index (κ3) is 3.49. The molecule has 32 heavy (non-hydrogen) atoms. The van der Waals surface area contributed by atoms with E-state index in [9.17, 15) is 4.79 Å². The topological polar surface area (TPSA) is 76.4 Å². The molecule has 0 unspecified atom stereocenters. The fraction of sp³-hybridized carbons (Fsp3) is 0.417. The van der Waals surface area contributed by atoms with E-state index in [4.69, 9.17) is 4.74 Å². The van der Waals surface area contributed by atoms with E-state index in [2.05, 4.69) is 20.2 Å². The summed E-state index contributed by atoms with van der Waals surface area (Å²) in [6.45, 7) is 6.80. The summed E-state index contributed by atoms with van der Waals surface area (Å²) in [4.78, 5) is 17.6. The van der Waals surface area contributed by atoms with Crippen LogP contribution in [0.4, 0.5) is 5.82 Å². The maximum atomic E-state index is 13.4. The maximum Gasteiger partial charge on any atom is 0.233 e. The van der Waals surface area contributed by atoms with E-state index in [1.54, 1.807) is 11.8 Å². The SMILES string of the molecule is COc1ccccc1C1(C(=O)N2CCN(c3ccc(-n4nc(C)cc4C)nn3)CC2)CC1. The third-order valence-corrected chi connectivity index (χ3v) is 6.54. The first-order chi connectivity index (χ1) is 15.5. The van der Waals surface area contributed by atoms with Gasteiger partial charge in [0, 0.05) is 37.4 Å². The van der Waals surface area contributed by atoms with Crippen molar-refractivity contribution in [2.45, 2.75) is 32.1 Å². The van der Waals surface area contributed by atoms with E-state index >= 15 is 0 Å². The molecule has 8 nitrogen and oxygen atoms in total. The number of nitrogens with zero attached hydrogens (tertiary/aromatic N) is 6. The molecule has 3 heterocycles. The predicted molar refractivity (Wildman–Crippen MR) is 121 cm³/mol. The van der Waals surface area contributed by atoms with Gasteiger partial charge in [-0.05, 0) is 51.0 Å². The van der Waals surface area contributed by atoms with Crippen LogP contribution in [0.25, 0.3) is 5.82 Å². The first-order valence-corrected chi connectivity index (χ1v) is 11.1. The molecule has 1 aliphatic carbocycles. The van der Waals surface area contributed by atoms with Gasteiger partial charge in [-0.25, -0.2) is 4.68 Å². The van der Waals surface area contributed by atoms with Gasteiger partial charge in [-0.15, -0.1) is 10.2 Å². The Bertz CT molecular complexity index is 1130. The molecule has 166 valence electrons. The Morgan fingerprint density at radius 1 is 0.969 bits per heavy atom. The second-order valence-corrected chi connectivity index (χ2v) is 8.65. The Labute approximate surface area is 187 Å². The van der Waals surface area contributed by atoms with Crippen LogP contribution in [0.2, 0.25) is 0 Å². The molecular formula is C24H28N6O2. The number of aromatic nitrogens is 4. The quantitative estimate of drug-likeness (QED) is 0.617. The van der Waals surface area contributed by atoms with Crippen molar-refractivity contribution in [3.8, 4) is 11.6 Å². The number of ether oxygens (including phenoxy) is 1. The lowest BCUT2D eigenvalue weighted by molar-refractivity contribution is -0.134. The van der Waals surface area contributed by atoms with Crippen molar-refractivity contribution < 1.29 is 9.53 Å². The molecule has 2 aromatic heterocycles. The zero-order valence-corrected chi connectivity index (χ0v) is 18.8. The molecule has 5 rings (SSSR count). The molecule has 0 spiro atoms. The van der Waals surface area contributed by atoms with Gasteiger partial charge in [-0.1, -0.05) is 18.2 Å². The van der Waals surface area contributed by atoms with Gasteiger partial charge in [-0.2, -0.15) is 5.10 Å². The van der Waals surface area contributed by atoms with Crippen LogP contribution in [0.15, 0.2) is 42.5 Å². The fourth-order valence-electron chi connectivity index (χ4n) is 4.67. The normalized spacial score (nSPS) is 17.3. The molecule has 1 aliphatic heterocycles. The van der Waals surface area contributed by atoms with E-state index in [-0.39, 0.29) is 5.91 Å². The van der Waals surface area contributed by atoms with Crippen LogP contribution >= 0.6 is 0 Å². The average Bonchev–Trinajstić information content (AvgIpc) is 3.57. The number of anilines is 1. The standard InChI is InChI=1S/C24H28N6O2/c1-17-16-18(2)30(27-17)22-9-8-21(25-26-22)28-12-14-29(15-13-28)23(31)24(10-11-24)19-6-4-5-7-20(19)32-3/h4-9,16H,10-15H2,1-3H3. The summed E-state index contributed by atoms with van der Waals surface area (Å²) in [5.74, 6) is 2.55. The number of amides is 1. The van der Waals surface area contributed by atoms with E-state index in [0.29, 0.717) is 18.9 Å².